The molecular weight excluding hydrogens is 170 g/mol. The number of aromatic nitrogens is 2. The van der Waals surface area contributed by atoms with Crippen molar-refractivity contribution in [2.24, 2.45) is 5.73 Å². The van der Waals surface area contributed by atoms with Crippen LogP contribution in [0.25, 0.3) is 0 Å². The van der Waals surface area contributed by atoms with Crippen LogP contribution < -0.4 is 5.73 Å². The zero-order chi connectivity index (χ0) is 7.56. The highest BCUT2D eigenvalue weighted by Gasteiger charge is 2.09. The number of aromatic amines is 1. The molecule has 0 radical (unpaired) electrons. The third-order valence-electron chi connectivity index (χ3n) is 1.15. The molecule has 1 aromatic rings. The van der Waals surface area contributed by atoms with Gasteiger partial charge >= 0.3 is 5.97 Å². The molecule has 0 fully saturated rings. The molecule has 1 aromatic heterocycles. The monoisotopic (exact) mass is 177 g/mol. The lowest BCUT2D eigenvalue weighted by atomic mass is 10.2. The highest BCUT2D eigenvalue weighted by molar-refractivity contribution is 5.86. The molecule has 6 heteroatoms. The third-order valence-corrected chi connectivity index (χ3v) is 1.15. The van der Waals surface area contributed by atoms with Gasteiger partial charge in [-0.3, -0.25) is 5.10 Å². The van der Waals surface area contributed by atoms with Gasteiger partial charge in [0.25, 0.3) is 0 Å². The standard InChI is InChI=1S/C5H7N3O2.ClH/c6-1-3-2-7-8-4(3)5(9)10;/h2H,1,6H2,(H,7,8)(H,9,10);1H. The van der Waals surface area contributed by atoms with Gasteiger partial charge in [-0.1, -0.05) is 0 Å². The largest absolute Gasteiger partial charge is 0.477 e. The van der Waals surface area contributed by atoms with Crippen LogP contribution >= 0.6 is 12.4 Å². The second kappa shape index (κ2) is 3.95. The molecule has 5 nitrogen and oxygen atoms in total. The predicted molar refractivity (Wildman–Crippen MR) is 40.7 cm³/mol. The number of carboxylic acid groups (broad SMARTS) is 1. The van der Waals surface area contributed by atoms with Crippen molar-refractivity contribution in [2.75, 3.05) is 0 Å². The number of hydrogen-bond donors (Lipinski definition) is 3. The number of nitrogens with one attached hydrogen (secondary N) is 1. The number of aromatic carboxylic acids is 1. The molecule has 0 aliphatic rings. The van der Waals surface area contributed by atoms with Crippen LogP contribution in [0.2, 0.25) is 0 Å². The van der Waals surface area contributed by atoms with E-state index in [0.29, 0.717) is 5.56 Å². The number of hydrogen-bond acceptors (Lipinski definition) is 3. The summed E-state index contributed by atoms with van der Waals surface area (Å²) in [6.45, 7) is 0.193. The Hall–Kier alpha value is -1.07. The fourth-order valence-corrected chi connectivity index (χ4v) is 0.651. The molecule has 0 amide bonds. The predicted octanol–water partition coefficient (Wildman–Crippen LogP) is -0.0116. The van der Waals surface area contributed by atoms with Crippen molar-refractivity contribution >= 4 is 18.4 Å². The Labute approximate surface area is 69.0 Å². The normalized spacial score (nSPS) is 8.82. The van der Waals surface area contributed by atoms with E-state index < -0.39 is 5.97 Å². The van der Waals surface area contributed by atoms with Crippen LogP contribution in [-0.4, -0.2) is 21.3 Å². The van der Waals surface area contributed by atoms with Crippen LogP contribution in [0.5, 0.6) is 0 Å². The van der Waals surface area contributed by atoms with Crippen LogP contribution in [-0.2, 0) is 6.54 Å². The van der Waals surface area contributed by atoms with E-state index in [0.717, 1.165) is 0 Å². The molecule has 0 saturated heterocycles. The van der Waals surface area contributed by atoms with Crippen LogP contribution in [0.3, 0.4) is 0 Å². The van der Waals surface area contributed by atoms with Gasteiger partial charge in [0.05, 0.1) is 6.20 Å². The van der Waals surface area contributed by atoms with Crippen LogP contribution in [0.15, 0.2) is 6.20 Å². The molecule has 11 heavy (non-hydrogen) atoms. The Bertz CT molecular complexity index is 248. The molecule has 0 unspecified atom stereocenters. The first kappa shape index (κ1) is 9.93. The summed E-state index contributed by atoms with van der Waals surface area (Å²) < 4.78 is 0. The number of halogens is 1. The molecule has 1 rings (SSSR count). The molecule has 62 valence electrons. The maximum absolute atomic E-state index is 10.3. The van der Waals surface area contributed by atoms with Gasteiger partial charge in [0.15, 0.2) is 0 Å². The van der Waals surface area contributed by atoms with Gasteiger partial charge in [-0.2, -0.15) is 5.10 Å². The first-order chi connectivity index (χ1) is 4.75. The fourth-order valence-electron chi connectivity index (χ4n) is 0.651. The lowest BCUT2D eigenvalue weighted by Crippen LogP contribution is -2.04. The fraction of sp³-hybridized carbons (Fsp3) is 0.200. The number of nitrogens with two attached hydrogens (primary N) is 1. The molecular formula is C5H8ClN3O2. The zero-order valence-electron chi connectivity index (χ0n) is 5.57. The van der Waals surface area contributed by atoms with E-state index in [-0.39, 0.29) is 24.6 Å². The van der Waals surface area contributed by atoms with Crippen LogP contribution in [0.1, 0.15) is 16.1 Å². The van der Waals surface area contributed by atoms with Crippen molar-refractivity contribution in [2.45, 2.75) is 6.54 Å². The van der Waals surface area contributed by atoms with Gasteiger partial charge in [0.2, 0.25) is 0 Å². The Balaban J connectivity index is 0.000001000. The first-order valence-electron chi connectivity index (χ1n) is 2.71. The lowest BCUT2D eigenvalue weighted by molar-refractivity contribution is 0.0689. The van der Waals surface area contributed by atoms with Gasteiger partial charge in [-0.05, 0) is 0 Å². The van der Waals surface area contributed by atoms with E-state index >= 15 is 0 Å². The topological polar surface area (TPSA) is 92.0 Å². The van der Waals surface area contributed by atoms with Crippen molar-refractivity contribution in [3.05, 3.63) is 17.5 Å². The molecule has 0 aliphatic heterocycles. The molecule has 0 saturated carbocycles. The van der Waals surface area contributed by atoms with E-state index in [4.69, 9.17) is 10.8 Å². The van der Waals surface area contributed by atoms with E-state index in [9.17, 15) is 4.79 Å². The maximum atomic E-state index is 10.3. The van der Waals surface area contributed by atoms with Crippen molar-refractivity contribution in [3.8, 4) is 0 Å². The minimum absolute atomic E-state index is 0. The summed E-state index contributed by atoms with van der Waals surface area (Å²) in [6.07, 6.45) is 1.41. The highest BCUT2D eigenvalue weighted by atomic mass is 35.5. The average Bonchev–Trinajstić information content (AvgIpc) is 2.33. The van der Waals surface area contributed by atoms with Gasteiger partial charge < -0.3 is 10.8 Å². The Morgan fingerprint density at radius 2 is 2.45 bits per heavy atom. The number of carboxylic acids is 1. The molecule has 0 spiro atoms. The summed E-state index contributed by atoms with van der Waals surface area (Å²) in [5.41, 5.74) is 5.80. The summed E-state index contributed by atoms with van der Waals surface area (Å²) in [5.74, 6) is -1.03. The minimum Gasteiger partial charge on any atom is -0.477 e. The molecule has 0 aromatic carbocycles. The summed E-state index contributed by atoms with van der Waals surface area (Å²) in [6, 6.07) is 0. The summed E-state index contributed by atoms with van der Waals surface area (Å²) >= 11 is 0. The van der Waals surface area contributed by atoms with Gasteiger partial charge in [-0.15, -0.1) is 12.4 Å². The second-order valence-electron chi connectivity index (χ2n) is 1.78. The third kappa shape index (κ3) is 1.92. The van der Waals surface area contributed by atoms with E-state index in [1.54, 1.807) is 0 Å². The number of carbonyl (C=O) groups is 1. The van der Waals surface area contributed by atoms with Crippen LogP contribution in [0, 0.1) is 0 Å². The van der Waals surface area contributed by atoms with E-state index in [1.807, 2.05) is 0 Å². The summed E-state index contributed by atoms with van der Waals surface area (Å²) in [4.78, 5) is 10.3. The first-order valence-corrected chi connectivity index (χ1v) is 2.71. The molecule has 0 atom stereocenters. The van der Waals surface area contributed by atoms with Crippen molar-refractivity contribution in [3.63, 3.8) is 0 Å². The Morgan fingerprint density at radius 3 is 2.82 bits per heavy atom. The quantitative estimate of drug-likeness (QED) is 0.593. The average molecular weight is 178 g/mol. The summed E-state index contributed by atoms with van der Waals surface area (Å²) in [5, 5.41) is 14.3. The minimum atomic E-state index is -1.03. The lowest BCUT2D eigenvalue weighted by Gasteiger charge is -1.90. The molecule has 1 heterocycles. The highest BCUT2D eigenvalue weighted by Crippen LogP contribution is 2.01. The number of nitrogens with zero attached hydrogens (tertiary/aromatic N) is 1. The van der Waals surface area contributed by atoms with Crippen LogP contribution in [0.4, 0.5) is 0 Å². The second-order valence-corrected chi connectivity index (χ2v) is 1.78. The molecule has 0 aliphatic carbocycles. The van der Waals surface area contributed by atoms with Gasteiger partial charge in [0.1, 0.15) is 5.69 Å². The summed E-state index contributed by atoms with van der Waals surface area (Å²) in [7, 11) is 0. The smallest absolute Gasteiger partial charge is 0.354 e. The maximum Gasteiger partial charge on any atom is 0.354 e. The van der Waals surface area contributed by atoms with E-state index in [1.165, 1.54) is 6.20 Å². The van der Waals surface area contributed by atoms with Crippen molar-refractivity contribution < 1.29 is 9.90 Å². The number of rotatable bonds is 2. The van der Waals surface area contributed by atoms with Crippen molar-refractivity contribution in [1.82, 2.24) is 10.2 Å². The SMILES string of the molecule is Cl.NCc1cn[nH]c1C(=O)O. The Kier molecular flexibility index (Phi) is 3.56. The van der Waals surface area contributed by atoms with E-state index in [2.05, 4.69) is 10.2 Å². The molecule has 0 bridgehead atoms. The molecule has 4 N–H and O–H groups in total. The number of H-pyrrole nitrogens is 1. The Morgan fingerprint density at radius 1 is 1.82 bits per heavy atom. The van der Waals surface area contributed by atoms with Gasteiger partial charge in [-0.25, -0.2) is 4.79 Å². The van der Waals surface area contributed by atoms with Crippen molar-refractivity contribution in [1.29, 1.82) is 0 Å². The van der Waals surface area contributed by atoms with Gasteiger partial charge in [0, 0.05) is 12.1 Å². The zero-order valence-corrected chi connectivity index (χ0v) is 6.39.